The van der Waals surface area contributed by atoms with Crippen LogP contribution < -0.4 is 24.7 Å². The molecule has 0 saturated heterocycles. The van der Waals surface area contributed by atoms with Gasteiger partial charge in [-0.05, 0) is 30.7 Å². The minimum Gasteiger partial charge on any atom is -0.493 e. The first-order valence-electron chi connectivity index (χ1n) is 10.8. The number of esters is 1. The van der Waals surface area contributed by atoms with Gasteiger partial charge in [0.1, 0.15) is 23.1 Å². The Morgan fingerprint density at radius 1 is 1.06 bits per heavy atom. The van der Waals surface area contributed by atoms with Crippen molar-refractivity contribution < 1.29 is 23.7 Å². The fourth-order valence-electron chi connectivity index (χ4n) is 3.95. The van der Waals surface area contributed by atoms with Crippen molar-refractivity contribution in [2.45, 2.75) is 12.8 Å². The largest absolute Gasteiger partial charge is 0.493 e. The Labute approximate surface area is 203 Å². The highest BCUT2D eigenvalue weighted by Gasteiger charge is 2.33. The minimum absolute atomic E-state index is 0.0300. The average molecular weight is 469 g/mol. The number of fused-ring (bicyclic) bond motifs is 1. The van der Waals surface area contributed by atoms with Gasteiger partial charge in [0.15, 0.2) is 11.5 Å². The first-order valence-corrected chi connectivity index (χ1v) is 10.8. The highest BCUT2D eigenvalue weighted by molar-refractivity contribution is 5.88. The molecule has 176 valence electrons. The summed E-state index contributed by atoms with van der Waals surface area (Å²) in [4.78, 5) is 12.4. The summed E-state index contributed by atoms with van der Waals surface area (Å²) in [7, 11) is 3.08. The number of nitrogens with zero attached hydrogens (tertiary/aromatic N) is 1. The van der Waals surface area contributed by atoms with Crippen LogP contribution in [0.3, 0.4) is 0 Å². The highest BCUT2D eigenvalue weighted by Crippen LogP contribution is 2.47. The van der Waals surface area contributed by atoms with E-state index in [0.717, 1.165) is 11.1 Å². The molecule has 4 rings (SSSR count). The number of benzene rings is 3. The second-order valence-corrected chi connectivity index (χ2v) is 7.87. The SMILES string of the molecule is COc1cccc(C2C(C#N)=C(N)Oc3cc(OC(=O)/C=C/c4ccc(C)cc4)ccc32)c1OC. The first kappa shape index (κ1) is 23.5. The van der Waals surface area contributed by atoms with E-state index in [4.69, 9.17) is 24.7 Å². The van der Waals surface area contributed by atoms with Crippen molar-refractivity contribution in [1.82, 2.24) is 0 Å². The highest BCUT2D eigenvalue weighted by atomic mass is 16.5. The van der Waals surface area contributed by atoms with Crippen LogP contribution in [-0.4, -0.2) is 20.2 Å². The van der Waals surface area contributed by atoms with Gasteiger partial charge in [0, 0.05) is 23.3 Å². The molecule has 7 nitrogen and oxygen atoms in total. The number of rotatable bonds is 6. The Kier molecular flexibility index (Phi) is 6.74. The van der Waals surface area contributed by atoms with E-state index in [0.29, 0.717) is 28.4 Å². The number of hydrogen-bond donors (Lipinski definition) is 1. The Morgan fingerprint density at radius 2 is 1.83 bits per heavy atom. The number of carbonyl (C=O) groups is 1. The average Bonchev–Trinajstić information content (AvgIpc) is 2.86. The topological polar surface area (TPSA) is 104 Å². The van der Waals surface area contributed by atoms with Crippen LogP contribution in [0.15, 0.2) is 78.2 Å². The lowest BCUT2D eigenvalue weighted by Crippen LogP contribution is -2.21. The molecule has 3 aromatic rings. The molecule has 0 bridgehead atoms. The number of nitrogens with two attached hydrogens (primary N) is 1. The minimum atomic E-state index is -0.556. The van der Waals surface area contributed by atoms with Crippen molar-refractivity contribution in [2.75, 3.05) is 14.2 Å². The van der Waals surface area contributed by atoms with Crippen LogP contribution in [0.5, 0.6) is 23.0 Å². The predicted molar refractivity (Wildman–Crippen MR) is 131 cm³/mol. The number of nitriles is 1. The number of ether oxygens (including phenoxy) is 4. The molecule has 0 saturated carbocycles. The van der Waals surface area contributed by atoms with Crippen molar-refractivity contribution in [2.24, 2.45) is 5.73 Å². The van der Waals surface area contributed by atoms with Crippen LogP contribution in [0.25, 0.3) is 6.08 Å². The molecule has 1 aliphatic heterocycles. The van der Waals surface area contributed by atoms with Crippen LogP contribution in [0.2, 0.25) is 0 Å². The maximum absolute atomic E-state index is 12.4. The van der Waals surface area contributed by atoms with E-state index in [1.54, 1.807) is 37.5 Å². The quantitative estimate of drug-likeness (QED) is 0.313. The fourth-order valence-corrected chi connectivity index (χ4v) is 3.95. The van der Waals surface area contributed by atoms with Gasteiger partial charge in [0.2, 0.25) is 5.88 Å². The summed E-state index contributed by atoms with van der Waals surface area (Å²) in [5.74, 6) is 0.562. The normalized spacial score (nSPS) is 14.6. The number of carbonyl (C=O) groups excluding carboxylic acids is 1. The molecule has 3 aromatic carbocycles. The first-order chi connectivity index (χ1) is 16.9. The number of allylic oxidation sites excluding steroid dienone is 1. The zero-order valence-electron chi connectivity index (χ0n) is 19.6. The summed E-state index contributed by atoms with van der Waals surface area (Å²) < 4.78 is 22.2. The molecule has 1 heterocycles. The van der Waals surface area contributed by atoms with Gasteiger partial charge in [-0.3, -0.25) is 0 Å². The molecule has 35 heavy (non-hydrogen) atoms. The third kappa shape index (κ3) is 4.82. The van der Waals surface area contributed by atoms with Crippen molar-refractivity contribution in [1.29, 1.82) is 5.26 Å². The van der Waals surface area contributed by atoms with Gasteiger partial charge in [0.25, 0.3) is 0 Å². The van der Waals surface area contributed by atoms with Gasteiger partial charge >= 0.3 is 5.97 Å². The molecule has 0 aromatic heterocycles. The van der Waals surface area contributed by atoms with Crippen molar-refractivity contribution >= 4 is 12.0 Å². The van der Waals surface area contributed by atoms with E-state index in [-0.39, 0.29) is 17.2 Å². The summed E-state index contributed by atoms with van der Waals surface area (Å²) in [6, 6.07) is 20.3. The third-order valence-electron chi connectivity index (χ3n) is 5.64. The summed E-state index contributed by atoms with van der Waals surface area (Å²) >= 11 is 0. The van der Waals surface area contributed by atoms with Gasteiger partial charge in [0.05, 0.1) is 20.1 Å². The number of aryl methyl sites for hydroxylation is 1. The van der Waals surface area contributed by atoms with Crippen LogP contribution in [0.1, 0.15) is 28.2 Å². The number of methoxy groups -OCH3 is 2. The Hall–Kier alpha value is -4.70. The summed E-state index contributed by atoms with van der Waals surface area (Å²) in [5, 5.41) is 9.83. The van der Waals surface area contributed by atoms with E-state index in [1.807, 2.05) is 43.3 Å². The molecule has 1 aliphatic rings. The predicted octanol–water partition coefficient (Wildman–Crippen LogP) is 4.85. The van der Waals surface area contributed by atoms with Crippen molar-refractivity contribution in [3.63, 3.8) is 0 Å². The van der Waals surface area contributed by atoms with Crippen LogP contribution in [0, 0.1) is 18.3 Å². The van der Waals surface area contributed by atoms with Gasteiger partial charge in [-0.2, -0.15) is 5.26 Å². The van der Waals surface area contributed by atoms with Crippen LogP contribution in [-0.2, 0) is 4.79 Å². The zero-order valence-corrected chi connectivity index (χ0v) is 19.6. The van der Waals surface area contributed by atoms with Crippen molar-refractivity contribution in [3.05, 3.63) is 100 Å². The van der Waals surface area contributed by atoms with Gasteiger partial charge in [-0.1, -0.05) is 48.0 Å². The second-order valence-electron chi connectivity index (χ2n) is 7.87. The molecule has 2 N–H and O–H groups in total. The summed E-state index contributed by atoms with van der Waals surface area (Å²) in [5.41, 5.74) is 9.75. The molecule has 7 heteroatoms. The van der Waals surface area contributed by atoms with E-state index in [9.17, 15) is 10.1 Å². The van der Waals surface area contributed by atoms with E-state index in [1.165, 1.54) is 13.2 Å². The lowest BCUT2D eigenvalue weighted by molar-refractivity contribution is -0.128. The maximum Gasteiger partial charge on any atom is 0.336 e. The van der Waals surface area contributed by atoms with E-state index < -0.39 is 11.9 Å². The Bertz CT molecular complexity index is 1370. The molecule has 0 radical (unpaired) electrons. The molecule has 1 unspecified atom stereocenters. The molecular formula is C28H24N2O5. The van der Waals surface area contributed by atoms with Crippen LogP contribution in [0.4, 0.5) is 0 Å². The molecule has 0 spiro atoms. The lowest BCUT2D eigenvalue weighted by Gasteiger charge is -2.28. The maximum atomic E-state index is 12.4. The van der Waals surface area contributed by atoms with E-state index in [2.05, 4.69) is 6.07 Å². The van der Waals surface area contributed by atoms with Crippen molar-refractivity contribution in [3.8, 4) is 29.1 Å². The second kappa shape index (κ2) is 10.1. The lowest BCUT2D eigenvalue weighted by atomic mass is 9.83. The number of hydrogen-bond acceptors (Lipinski definition) is 7. The standard InChI is InChI=1S/C28H24N2O5/c1-17-7-9-18(10-8-17)11-14-25(31)34-19-12-13-20-24(15-19)35-28(30)22(16-29)26(20)21-5-4-6-23(32-2)27(21)33-3/h4-15,26H,30H2,1-3H3/b14-11+. The van der Waals surface area contributed by atoms with Crippen LogP contribution >= 0.6 is 0 Å². The monoisotopic (exact) mass is 468 g/mol. The summed E-state index contributed by atoms with van der Waals surface area (Å²) in [6.07, 6.45) is 3.04. The molecule has 0 amide bonds. The van der Waals surface area contributed by atoms with Gasteiger partial charge < -0.3 is 24.7 Å². The third-order valence-corrected chi connectivity index (χ3v) is 5.64. The molecule has 1 atom stereocenters. The zero-order chi connectivity index (χ0) is 24.9. The smallest absolute Gasteiger partial charge is 0.336 e. The Morgan fingerprint density at radius 3 is 2.51 bits per heavy atom. The molecule has 0 fully saturated rings. The van der Waals surface area contributed by atoms with Gasteiger partial charge in [-0.25, -0.2) is 4.79 Å². The number of para-hydroxylation sites is 1. The Balaban J connectivity index is 1.65. The summed E-state index contributed by atoms with van der Waals surface area (Å²) in [6.45, 7) is 2.00. The fraction of sp³-hybridized carbons (Fsp3) is 0.143. The molecule has 0 aliphatic carbocycles. The van der Waals surface area contributed by atoms with E-state index >= 15 is 0 Å². The molecular weight excluding hydrogens is 444 g/mol. The van der Waals surface area contributed by atoms with Gasteiger partial charge in [-0.15, -0.1) is 0 Å².